The molecule has 0 aromatic heterocycles. The average Bonchev–Trinajstić information content (AvgIpc) is 2.42. The monoisotopic (exact) mass is 414 g/mol. The predicted molar refractivity (Wildman–Crippen MR) is 94.8 cm³/mol. The smallest absolute Gasteiger partial charge is 0.0846 e. The minimum Gasteiger partial charge on any atom is -0.113 e. The van der Waals surface area contributed by atoms with Crippen LogP contribution in [-0.4, -0.2) is 0 Å². The van der Waals surface area contributed by atoms with Gasteiger partial charge in [0.15, 0.2) is 0 Å². The molecule has 20 heavy (non-hydrogen) atoms. The Morgan fingerprint density at radius 2 is 1.45 bits per heavy atom. The van der Waals surface area contributed by atoms with Crippen molar-refractivity contribution in [1.82, 2.24) is 0 Å². The van der Waals surface area contributed by atoms with Gasteiger partial charge in [-0.3, -0.25) is 0 Å². The molecule has 0 radical (unpaired) electrons. The molecule has 2 rings (SSSR count). The summed E-state index contributed by atoms with van der Waals surface area (Å²) in [4.78, 5) is 0. The van der Waals surface area contributed by atoms with Crippen LogP contribution in [0.4, 0.5) is 0 Å². The fraction of sp³-hybridized carbons (Fsp3) is 0.294. The number of aryl methyl sites for hydroxylation is 1. The van der Waals surface area contributed by atoms with E-state index in [4.69, 9.17) is 11.6 Å². The number of hydrogen-bond donors (Lipinski definition) is 0. The van der Waals surface area contributed by atoms with Crippen LogP contribution in [0.3, 0.4) is 0 Å². The molecule has 0 nitrogen and oxygen atoms in total. The molecule has 0 bridgehead atoms. The molecule has 0 heterocycles. The third-order valence-electron chi connectivity index (χ3n) is 3.45. The summed E-state index contributed by atoms with van der Waals surface area (Å²) < 4.78 is 2.13. The molecule has 0 saturated heterocycles. The fourth-order valence-corrected chi connectivity index (χ4v) is 3.59. The molecule has 0 saturated carbocycles. The third kappa shape index (κ3) is 3.47. The van der Waals surface area contributed by atoms with Crippen LogP contribution in [0.2, 0.25) is 0 Å². The van der Waals surface area contributed by atoms with Gasteiger partial charge in [0, 0.05) is 8.95 Å². The van der Waals surface area contributed by atoms with Gasteiger partial charge in [0.05, 0.1) is 5.38 Å². The van der Waals surface area contributed by atoms with Gasteiger partial charge in [0.1, 0.15) is 0 Å². The van der Waals surface area contributed by atoms with Gasteiger partial charge < -0.3 is 0 Å². The Bertz CT molecular complexity index is 603. The largest absolute Gasteiger partial charge is 0.113 e. The van der Waals surface area contributed by atoms with Crippen molar-refractivity contribution in [3.63, 3.8) is 0 Å². The molecular formula is C17H17Br2Cl. The first kappa shape index (κ1) is 16.1. The topological polar surface area (TPSA) is 0 Å². The molecule has 0 aliphatic heterocycles. The summed E-state index contributed by atoms with van der Waals surface area (Å²) in [6, 6.07) is 12.7. The average molecular weight is 417 g/mol. The lowest BCUT2D eigenvalue weighted by Gasteiger charge is -2.15. The van der Waals surface area contributed by atoms with Crippen molar-refractivity contribution in [2.24, 2.45) is 0 Å². The van der Waals surface area contributed by atoms with E-state index in [1.807, 2.05) is 0 Å². The highest BCUT2D eigenvalue weighted by molar-refractivity contribution is 9.11. The zero-order chi connectivity index (χ0) is 14.9. The zero-order valence-corrected chi connectivity index (χ0v) is 15.7. The van der Waals surface area contributed by atoms with Crippen LogP contribution in [-0.2, 0) is 0 Å². The van der Waals surface area contributed by atoms with E-state index in [2.05, 4.69) is 89.0 Å². The van der Waals surface area contributed by atoms with Crippen LogP contribution < -0.4 is 0 Å². The lowest BCUT2D eigenvalue weighted by Crippen LogP contribution is -1.97. The summed E-state index contributed by atoms with van der Waals surface area (Å²) in [6.45, 7) is 6.46. The van der Waals surface area contributed by atoms with Gasteiger partial charge in [-0.05, 0) is 47.2 Å². The van der Waals surface area contributed by atoms with E-state index >= 15 is 0 Å². The Balaban J connectivity index is 2.36. The Hall–Kier alpha value is -0.310. The van der Waals surface area contributed by atoms with E-state index in [-0.39, 0.29) is 5.38 Å². The molecule has 106 valence electrons. The van der Waals surface area contributed by atoms with Crippen molar-refractivity contribution in [1.29, 1.82) is 0 Å². The molecule has 2 aromatic carbocycles. The van der Waals surface area contributed by atoms with Gasteiger partial charge >= 0.3 is 0 Å². The number of alkyl halides is 1. The van der Waals surface area contributed by atoms with Gasteiger partial charge in [-0.1, -0.05) is 70.0 Å². The van der Waals surface area contributed by atoms with E-state index in [1.54, 1.807) is 0 Å². The Morgan fingerprint density at radius 1 is 0.900 bits per heavy atom. The first-order valence-electron chi connectivity index (χ1n) is 6.59. The molecule has 1 unspecified atom stereocenters. The summed E-state index contributed by atoms with van der Waals surface area (Å²) in [5.74, 6) is 0.540. The molecule has 1 atom stereocenters. The highest BCUT2D eigenvalue weighted by Gasteiger charge is 2.15. The molecule has 0 spiro atoms. The molecule has 3 heteroatoms. The van der Waals surface area contributed by atoms with Gasteiger partial charge in [-0.2, -0.15) is 0 Å². The Kier molecular flexibility index (Phi) is 5.33. The summed E-state index contributed by atoms with van der Waals surface area (Å²) in [6.07, 6.45) is 0. The molecule has 0 aliphatic rings. The first-order chi connectivity index (χ1) is 9.40. The highest BCUT2D eigenvalue weighted by atomic mass is 79.9. The Morgan fingerprint density at radius 3 is 2.00 bits per heavy atom. The quantitative estimate of drug-likeness (QED) is 0.474. The van der Waals surface area contributed by atoms with Crippen LogP contribution in [0.15, 0.2) is 45.3 Å². The molecule has 0 fully saturated rings. The summed E-state index contributed by atoms with van der Waals surface area (Å²) in [5.41, 5.74) is 4.73. The van der Waals surface area contributed by atoms with Crippen LogP contribution in [0.25, 0.3) is 0 Å². The molecule has 0 amide bonds. The van der Waals surface area contributed by atoms with E-state index in [0.29, 0.717) is 5.92 Å². The number of rotatable bonds is 3. The van der Waals surface area contributed by atoms with Crippen molar-refractivity contribution < 1.29 is 0 Å². The Labute approximate surface area is 142 Å². The maximum absolute atomic E-state index is 6.64. The third-order valence-corrected chi connectivity index (χ3v) is 5.47. The highest BCUT2D eigenvalue weighted by Crippen LogP contribution is 2.37. The minimum absolute atomic E-state index is 0.150. The number of halogens is 3. The fourth-order valence-electron chi connectivity index (χ4n) is 2.09. The normalized spacial score (nSPS) is 12.8. The second kappa shape index (κ2) is 6.64. The van der Waals surface area contributed by atoms with Crippen molar-refractivity contribution in [2.75, 3.05) is 0 Å². The van der Waals surface area contributed by atoms with E-state index in [1.165, 1.54) is 11.1 Å². The second-order valence-corrected chi connectivity index (χ2v) is 7.45. The van der Waals surface area contributed by atoms with Gasteiger partial charge in [-0.25, -0.2) is 0 Å². The zero-order valence-electron chi connectivity index (χ0n) is 11.8. The molecule has 0 N–H and O–H groups in total. The lowest BCUT2D eigenvalue weighted by molar-refractivity contribution is 0.865. The number of benzene rings is 2. The standard InChI is InChI=1S/C17H17Br2Cl/c1-10(2)12-4-6-13(7-5-12)17(20)14-9-15(18)11(3)8-16(14)19/h4-10,17H,1-3H3. The molecular weight excluding hydrogens is 399 g/mol. The van der Waals surface area contributed by atoms with Crippen molar-refractivity contribution in [2.45, 2.75) is 32.1 Å². The van der Waals surface area contributed by atoms with Gasteiger partial charge in [0.25, 0.3) is 0 Å². The minimum atomic E-state index is -0.150. The second-order valence-electron chi connectivity index (χ2n) is 5.31. The van der Waals surface area contributed by atoms with Gasteiger partial charge in [-0.15, -0.1) is 11.6 Å². The SMILES string of the molecule is Cc1cc(Br)c(C(Cl)c2ccc(C(C)C)cc2)cc1Br. The van der Waals surface area contributed by atoms with Crippen LogP contribution in [0, 0.1) is 6.92 Å². The predicted octanol–water partition coefficient (Wildman–Crippen LogP) is 6.97. The van der Waals surface area contributed by atoms with E-state index in [0.717, 1.165) is 20.1 Å². The van der Waals surface area contributed by atoms with Crippen molar-refractivity contribution in [3.05, 3.63) is 67.6 Å². The van der Waals surface area contributed by atoms with E-state index < -0.39 is 0 Å². The lowest BCUT2D eigenvalue weighted by atomic mass is 9.98. The number of hydrogen-bond acceptors (Lipinski definition) is 0. The maximum atomic E-state index is 6.64. The van der Waals surface area contributed by atoms with Crippen molar-refractivity contribution >= 4 is 43.5 Å². The summed E-state index contributed by atoms with van der Waals surface area (Å²) in [7, 11) is 0. The maximum Gasteiger partial charge on any atom is 0.0846 e. The summed E-state index contributed by atoms with van der Waals surface area (Å²) in [5, 5.41) is -0.150. The summed E-state index contributed by atoms with van der Waals surface area (Å²) >= 11 is 13.8. The van der Waals surface area contributed by atoms with Crippen LogP contribution in [0.5, 0.6) is 0 Å². The first-order valence-corrected chi connectivity index (χ1v) is 8.62. The molecule has 2 aromatic rings. The van der Waals surface area contributed by atoms with E-state index in [9.17, 15) is 0 Å². The van der Waals surface area contributed by atoms with Crippen LogP contribution >= 0.6 is 43.5 Å². The van der Waals surface area contributed by atoms with Crippen molar-refractivity contribution in [3.8, 4) is 0 Å². The van der Waals surface area contributed by atoms with Crippen LogP contribution in [0.1, 0.15) is 47.4 Å². The molecule has 0 aliphatic carbocycles. The van der Waals surface area contributed by atoms with Gasteiger partial charge in [0.2, 0.25) is 0 Å².